The number of likely N-dealkylation sites (tertiary alicyclic amines) is 1. The summed E-state index contributed by atoms with van der Waals surface area (Å²) >= 11 is 0. The summed E-state index contributed by atoms with van der Waals surface area (Å²) in [7, 11) is 0. The molecule has 2 atom stereocenters. The Bertz CT molecular complexity index is 534. The normalized spacial score (nSPS) is 23.1. The number of nitrogens with zero attached hydrogens (tertiary/aromatic N) is 1. The van der Waals surface area contributed by atoms with Crippen LogP contribution in [0.25, 0.3) is 0 Å². The van der Waals surface area contributed by atoms with Gasteiger partial charge < -0.3 is 4.90 Å². The molecule has 1 heteroatoms. The molecule has 0 saturated carbocycles. The molecule has 0 spiro atoms. The van der Waals surface area contributed by atoms with Crippen molar-refractivity contribution < 1.29 is 0 Å². The molecule has 0 aliphatic carbocycles. The van der Waals surface area contributed by atoms with E-state index >= 15 is 0 Å². The van der Waals surface area contributed by atoms with Crippen LogP contribution in [0.15, 0.2) is 60.7 Å². The van der Waals surface area contributed by atoms with E-state index in [-0.39, 0.29) is 0 Å². The van der Waals surface area contributed by atoms with Crippen LogP contribution in [-0.4, -0.2) is 24.5 Å². The van der Waals surface area contributed by atoms with Gasteiger partial charge in [0.15, 0.2) is 0 Å². The summed E-state index contributed by atoms with van der Waals surface area (Å²) in [5, 5.41) is 0. The Morgan fingerprint density at radius 1 is 0.952 bits per heavy atom. The van der Waals surface area contributed by atoms with E-state index in [0.29, 0.717) is 0 Å². The van der Waals surface area contributed by atoms with Crippen molar-refractivity contribution in [1.29, 1.82) is 0 Å². The van der Waals surface area contributed by atoms with Crippen molar-refractivity contribution in [3.8, 4) is 0 Å². The maximum atomic E-state index is 2.64. The third-order valence-corrected chi connectivity index (χ3v) is 4.78. The number of benzene rings is 2. The second-order valence-electron chi connectivity index (χ2n) is 6.32. The lowest BCUT2D eigenvalue weighted by molar-refractivity contribution is 0.164. The van der Waals surface area contributed by atoms with Crippen LogP contribution in [0.4, 0.5) is 0 Å². The minimum Gasteiger partial charge on any atom is -0.303 e. The van der Waals surface area contributed by atoms with E-state index in [9.17, 15) is 0 Å². The summed E-state index contributed by atoms with van der Waals surface area (Å²) in [6.45, 7) is 6.06. The fraction of sp³-hybridized carbons (Fsp3) is 0.400. The Labute approximate surface area is 128 Å². The lowest BCUT2D eigenvalue weighted by Crippen LogP contribution is -2.39. The Hall–Kier alpha value is -1.60. The molecule has 2 aromatic rings. The number of hydrogen-bond acceptors (Lipinski definition) is 1. The first-order valence-electron chi connectivity index (χ1n) is 8.14. The Kier molecular flexibility index (Phi) is 4.72. The second-order valence-corrected chi connectivity index (χ2v) is 6.32. The molecule has 21 heavy (non-hydrogen) atoms. The monoisotopic (exact) mass is 279 g/mol. The van der Waals surface area contributed by atoms with Crippen LogP contribution in [0.5, 0.6) is 0 Å². The fourth-order valence-corrected chi connectivity index (χ4v) is 3.56. The zero-order valence-corrected chi connectivity index (χ0v) is 12.9. The van der Waals surface area contributed by atoms with Gasteiger partial charge in [0.05, 0.1) is 0 Å². The van der Waals surface area contributed by atoms with E-state index in [4.69, 9.17) is 0 Å². The molecule has 1 saturated heterocycles. The summed E-state index contributed by atoms with van der Waals surface area (Å²) in [4.78, 5) is 2.64. The van der Waals surface area contributed by atoms with Crippen molar-refractivity contribution in [1.82, 2.24) is 4.90 Å². The van der Waals surface area contributed by atoms with E-state index in [1.807, 2.05) is 0 Å². The summed E-state index contributed by atoms with van der Waals surface area (Å²) in [5.41, 5.74) is 2.98. The molecule has 0 radical (unpaired) electrons. The third-order valence-electron chi connectivity index (χ3n) is 4.78. The van der Waals surface area contributed by atoms with Gasteiger partial charge in [-0.25, -0.2) is 0 Å². The van der Waals surface area contributed by atoms with E-state index < -0.39 is 0 Å². The molecular formula is C20H25N. The fourth-order valence-electron chi connectivity index (χ4n) is 3.56. The SMILES string of the molecule is CC1CN(CCc2ccccc2)CCC1c1ccccc1. The lowest BCUT2D eigenvalue weighted by atomic mass is 9.81. The van der Waals surface area contributed by atoms with Gasteiger partial charge in [-0.2, -0.15) is 0 Å². The first kappa shape index (κ1) is 14.3. The zero-order valence-electron chi connectivity index (χ0n) is 12.9. The van der Waals surface area contributed by atoms with Crippen LogP contribution in [0.2, 0.25) is 0 Å². The topological polar surface area (TPSA) is 3.24 Å². The smallest absolute Gasteiger partial charge is 0.00219 e. The molecule has 1 nitrogen and oxygen atoms in total. The molecule has 1 heterocycles. The minimum atomic E-state index is 0.735. The first-order chi connectivity index (χ1) is 10.3. The van der Waals surface area contributed by atoms with Crippen molar-refractivity contribution in [2.75, 3.05) is 19.6 Å². The molecule has 1 fully saturated rings. The van der Waals surface area contributed by atoms with Crippen molar-refractivity contribution in [3.05, 3.63) is 71.8 Å². The summed E-state index contributed by atoms with van der Waals surface area (Å²) in [5.74, 6) is 1.48. The Morgan fingerprint density at radius 2 is 1.62 bits per heavy atom. The van der Waals surface area contributed by atoms with E-state index in [1.54, 1.807) is 0 Å². The summed E-state index contributed by atoms with van der Waals surface area (Å²) in [6.07, 6.45) is 2.46. The van der Waals surface area contributed by atoms with Gasteiger partial charge >= 0.3 is 0 Å². The van der Waals surface area contributed by atoms with Crippen LogP contribution >= 0.6 is 0 Å². The van der Waals surface area contributed by atoms with Gasteiger partial charge in [0, 0.05) is 13.1 Å². The highest BCUT2D eigenvalue weighted by molar-refractivity contribution is 5.21. The lowest BCUT2D eigenvalue weighted by Gasteiger charge is -2.37. The molecule has 0 N–H and O–H groups in total. The van der Waals surface area contributed by atoms with Gasteiger partial charge in [-0.1, -0.05) is 67.6 Å². The van der Waals surface area contributed by atoms with Crippen LogP contribution in [0.1, 0.15) is 30.4 Å². The predicted molar refractivity (Wildman–Crippen MR) is 89.6 cm³/mol. The summed E-state index contributed by atoms with van der Waals surface area (Å²) in [6, 6.07) is 21.9. The number of hydrogen-bond donors (Lipinski definition) is 0. The van der Waals surface area contributed by atoms with E-state index in [0.717, 1.165) is 11.8 Å². The van der Waals surface area contributed by atoms with Crippen LogP contribution in [0.3, 0.4) is 0 Å². The molecule has 2 aromatic carbocycles. The van der Waals surface area contributed by atoms with E-state index in [1.165, 1.54) is 43.6 Å². The van der Waals surface area contributed by atoms with Crippen molar-refractivity contribution in [2.24, 2.45) is 5.92 Å². The Balaban J connectivity index is 1.54. The first-order valence-corrected chi connectivity index (χ1v) is 8.14. The highest BCUT2D eigenvalue weighted by Gasteiger charge is 2.26. The van der Waals surface area contributed by atoms with Gasteiger partial charge in [-0.3, -0.25) is 0 Å². The number of rotatable bonds is 4. The number of piperidine rings is 1. The van der Waals surface area contributed by atoms with Gasteiger partial charge in [0.1, 0.15) is 0 Å². The van der Waals surface area contributed by atoms with Gasteiger partial charge in [-0.05, 0) is 42.3 Å². The molecule has 0 amide bonds. The highest BCUT2D eigenvalue weighted by Crippen LogP contribution is 2.32. The molecule has 0 bridgehead atoms. The van der Waals surface area contributed by atoms with Crippen molar-refractivity contribution >= 4 is 0 Å². The molecule has 110 valence electrons. The molecule has 1 aliphatic rings. The average molecular weight is 279 g/mol. The largest absolute Gasteiger partial charge is 0.303 e. The second kappa shape index (κ2) is 6.91. The Morgan fingerprint density at radius 3 is 2.29 bits per heavy atom. The summed E-state index contributed by atoms with van der Waals surface area (Å²) < 4.78 is 0. The van der Waals surface area contributed by atoms with Crippen LogP contribution < -0.4 is 0 Å². The van der Waals surface area contributed by atoms with Crippen molar-refractivity contribution in [2.45, 2.75) is 25.7 Å². The third kappa shape index (κ3) is 3.74. The maximum Gasteiger partial charge on any atom is 0.00219 e. The molecule has 1 aliphatic heterocycles. The molecule has 2 unspecified atom stereocenters. The minimum absolute atomic E-state index is 0.735. The molecular weight excluding hydrogens is 254 g/mol. The zero-order chi connectivity index (χ0) is 14.5. The quantitative estimate of drug-likeness (QED) is 0.804. The predicted octanol–water partition coefficient (Wildman–Crippen LogP) is 4.35. The molecule has 3 rings (SSSR count). The van der Waals surface area contributed by atoms with E-state index in [2.05, 4.69) is 72.5 Å². The highest BCUT2D eigenvalue weighted by atomic mass is 15.1. The maximum absolute atomic E-state index is 2.64. The molecule has 0 aromatic heterocycles. The van der Waals surface area contributed by atoms with Crippen LogP contribution in [0, 0.1) is 5.92 Å². The average Bonchev–Trinajstić information content (AvgIpc) is 2.55. The standard InChI is InChI=1S/C20H25N/c1-17-16-21(14-12-18-8-4-2-5-9-18)15-13-20(17)19-10-6-3-7-11-19/h2-11,17,20H,12-16H2,1H3. The van der Waals surface area contributed by atoms with Gasteiger partial charge in [0.25, 0.3) is 0 Å². The van der Waals surface area contributed by atoms with Gasteiger partial charge in [-0.15, -0.1) is 0 Å². The van der Waals surface area contributed by atoms with Crippen molar-refractivity contribution in [3.63, 3.8) is 0 Å². The van der Waals surface area contributed by atoms with Gasteiger partial charge in [0.2, 0.25) is 0 Å². The van der Waals surface area contributed by atoms with Crippen LogP contribution in [-0.2, 0) is 6.42 Å².